The van der Waals surface area contributed by atoms with Crippen LogP contribution in [-0.4, -0.2) is 30.1 Å². The van der Waals surface area contributed by atoms with Crippen LogP contribution >= 0.6 is 15.9 Å². The Balaban J connectivity index is 2.40. The van der Waals surface area contributed by atoms with Crippen LogP contribution in [0.1, 0.15) is 11.1 Å². The summed E-state index contributed by atoms with van der Waals surface area (Å²) in [5, 5.41) is 0. The van der Waals surface area contributed by atoms with Crippen LogP contribution in [-0.2, 0) is 6.54 Å². The van der Waals surface area contributed by atoms with Crippen molar-refractivity contribution < 1.29 is 9.13 Å². The Bertz CT molecular complexity index is 749. The van der Waals surface area contributed by atoms with E-state index in [0.717, 1.165) is 6.54 Å². The minimum absolute atomic E-state index is 0.212. The number of nitrogens with zero attached hydrogens (tertiary/aromatic N) is 2. The van der Waals surface area contributed by atoms with E-state index in [1.165, 1.54) is 12.1 Å². The van der Waals surface area contributed by atoms with E-state index in [1.807, 2.05) is 19.0 Å². The van der Waals surface area contributed by atoms with Crippen molar-refractivity contribution in [3.63, 3.8) is 0 Å². The van der Waals surface area contributed by atoms with E-state index >= 15 is 0 Å². The molecule has 0 bridgehead atoms. The normalized spacial score (nSPS) is 11.1. The van der Waals surface area contributed by atoms with Crippen molar-refractivity contribution in [2.75, 3.05) is 20.6 Å². The summed E-state index contributed by atoms with van der Waals surface area (Å²) in [6.07, 6.45) is 1.73. The van der Waals surface area contributed by atoms with Crippen LogP contribution in [0.3, 0.4) is 0 Å². The molecule has 0 aliphatic rings. The second kappa shape index (κ2) is 7.27. The van der Waals surface area contributed by atoms with Crippen LogP contribution in [0.2, 0.25) is 0 Å². The lowest BCUT2D eigenvalue weighted by Gasteiger charge is -2.15. The quantitative estimate of drug-likeness (QED) is 0.790. The summed E-state index contributed by atoms with van der Waals surface area (Å²) < 4.78 is 21.4. The molecule has 2 aromatic rings. The van der Waals surface area contributed by atoms with Crippen molar-refractivity contribution in [1.29, 1.82) is 0 Å². The second-order valence-electron chi connectivity index (χ2n) is 5.77. The predicted octanol–water partition coefficient (Wildman–Crippen LogP) is 3.72. The molecular formula is C17H20BrFN2O2. The van der Waals surface area contributed by atoms with Gasteiger partial charge in [0.15, 0.2) is 0 Å². The molecule has 0 fully saturated rings. The number of hydrogen-bond acceptors (Lipinski definition) is 3. The van der Waals surface area contributed by atoms with Crippen molar-refractivity contribution in [1.82, 2.24) is 9.47 Å². The molecular weight excluding hydrogens is 363 g/mol. The molecule has 0 radical (unpaired) electrons. The van der Waals surface area contributed by atoms with Crippen molar-refractivity contribution in [2.24, 2.45) is 0 Å². The van der Waals surface area contributed by atoms with Crippen molar-refractivity contribution in [2.45, 2.75) is 20.4 Å². The number of halogens is 2. The highest BCUT2D eigenvalue weighted by atomic mass is 79.9. The standard InChI is InChI=1S/C17H20BrFN2O2/c1-11-9-13(19)10-12(2)15(11)23-16-14(18)5-6-21(17(16)22)8-7-20(3)4/h5-6,9-10H,7-8H2,1-4H3. The van der Waals surface area contributed by atoms with Gasteiger partial charge in [0.1, 0.15) is 11.6 Å². The average Bonchev–Trinajstić information content (AvgIpc) is 2.44. The Morgan fingerprint density at radius 3 is 2.39 bits per heavy atom. The van der Waals surface area contributed by atoms with E-state index in [-0.39, 0.29) is 17.1 Å². The van der Waals surface area contributed by atoms with E-state index in [9.17, 15) is 9.18 Å². The number of aromatic nitrogens is 1. The maximum atomic E-state index is 13.4. The zero-order chi connectivity index (χ0) is 17.1. The average molecular weight is 383 g/mol. The summed E-state index contributed by atoms with van der Waals surface area (Å²) in [5.41, 5.74) is 1.08. The molecule has 2 rings (SSSR count). The summed E-state index contributed by atoms with van der Waals surface area (Å²) >= 11 is 3.36. The molecule has 0 amide bonds. The molecule has 4 nitrogen and oxygen atoms in total. The molecule has 0 unspecified atom stereocenters. The zero-order valence-electron chi connectivity index (χ0n) is 13.7. The summed E-state index contributed by atoms with van der Waals surface area (Å²) in [5.74, 6) is 0.404. The Morgan fingerprint density at radius 1 is 1.22 bits per heavy atom. The Hall–Kier alpha value is -1.66. The van der Waals surface area contributed by atoms with Gasteiger partial charge in [0.05, 0.1) is 4.47 Å². The number of ether oxygens (including phenoxy) is 1. The molecule has 0 saturated carbocycles. The molecule has 124 valence electrons. The van der Waals surface area contributed by atoms with Gasteiger partial charge in [-0.3, -0.25) is 4.79 Å². The highest BCUT2D eigenvalue weighted by Crippen LogP contribution is 2.31. The third kappa shape index (κ3) is 4.20. The first-order valence-electron chi connectivity index (χ1n) is 7.28. The number of rotatable bonds is 5. The zero-order valence-corrected chi connectivity index (χ0v) is 15.3. The number of likely N-dealkylation sites (N-methyl/N-ethyl adjacent to an activating group) is 1. The first-order valence-corrected chi connectivity index (χ1v) is 8.07. The van der Waals surface area contributed by atoms with Gasteiger partial charge in [-0.15, -0.1) is 0 Å². The van der Waals surface area contributed by atoms with Gasteiger partial charge in [-0.1, -0.05) is 0 Å². The van der Waals surface area contributed by atoms with Crippen LogP contribution in [0.25, 0.3) is 0 Å². The third-order valence-electron chi connectivity index (χ3n) is 3.49. The fraction of sp³-hybridized carbons (Fsp3) is 0.353. The van der Waals surface area contributed by atoms with Gasteiger partial charge >= 0.3 is 0 Å². The van der Waals surface area contributed by atoms with Crippen LogP contribution in [0, 0.1) is 19.7 Å². The summed E-state index contributed by atoms with van der Waals surface area (Å²) in [7, 11) is 3.90. The maximum Gasteiger partial charge on any atom is 0.294 e. The van der Waals surface area contributed by atoms with E-state index in [1.54, 1.807) is 30.7 Å². The molecule has 0 spiro atoms. The van der Waals surface area contributed by atoms with E-state index in [2.05, 4.69) is 15.9 Å². The highest BCUT2D eigenvalue weighted by Gasteiger charge is 2.15. The first kappa shape index (κ1) is 17.7. The minimum Gasteiger partial charge on any atom is -0.450 e. The van der Waals surface area contributed by atoms with Crippen LogP contribution in [0.4, 0.5) is 4.39 Å². The summed E-state index contributed by atoms with van der Waals surface area (Å²) in [6, 6.07) is 4.56. The van der Waals surface area contributed by atoms with Crippen molar-refractivity contribution >= 4 is 15.9 Å². The van der Waals surface area contributed by atoms with Crippen LogP contribution in [0.15, 0.2) is 33.7 Å². The first-order chi connectivity index (χ1) is 10.8. The molecule has 6 heteroatoms. The van der Waals surface area contributed by atoms with Gasteiger partial charge in [0, 0.05) is 19.3 Å². The Kier molecular flexibility index (Phi) is 5.59. The topological polar surface area (TPSA) is 34.5 Å². The van der Waals surface area contributed by atoms with Gasteiger partial charge in [-0.05, 0) is 73.2 Å². The lowest BCUT2D eigenvalue weighted by molar-refractivity contribution is 0.376. The molecule has 1 aromatic carbocycles. The molecule has 0 atom stereocenters. The lowest BCUT2D eigenvalue weighted by atomic mass is 10.1. The van der Waals surface area contributed by atoms with Gasteiger partial charge in [0.2, 0.25) is 5.75 Å². The molecule has 23 heavy (non-hydrogen) atoms. The number of benzene rings is 1. The number of pyridine rings is 1. The van der Waals surface area contributed by atoms with E-state index in [4.69, 9.17) is 4.74 Å². The van der Waals surface area contributed by atoms with Crippen molar-refractivity contribution in [3.8, 4) is 11.5 Å². The van der Waals surface area contributed by atoms with Gasteiger partial charge in [-0.2, -0.15) is 0 Å². The summed E-state index contributed by atoms with van der Waals surface area (Å²) in [4.78, 5) is 14.6. The van der Waals surface area contributed by atoms with Gasteiger partial charge < -0.3 is 14.2 Å². The monoisotopic (exact) mass is 382 g/mol. The molecule has 1 heterocycles. The maximum absolute atomic E-state index is 13.4. The minimum atomic E-state index is -0.317. The Morgan fingerprint density at radius 2 is 1.83 bits per heavy atom. The lowest BCUT2D eigenvalue weighted by Crippen LogP contribution is -2.27. The van der Waals surface area contributed by atoms with Gasteiger partial charge in [0.25, 0.3) is 5.56 Å². The predicted molar refractivity (Wildman–Crippen MR) is 92.9 cm³/mol. The number of aryl methyl sites for hydroxylation is 2. The van der Waals surface area contributed by atoms with Crippen molar-refractivity contribution in [3.05, 3.63) is 56.2 Å². The fourth-order valence-electron chi connectivity index (χ4n) is 2.27. The molecule has 0 aliphatic carbocycles. The molecule has 0 N–H and O–H groups in total. The number of hydrogen-bond donors (Lipinski definition) is 0. The molecule has 0 saturated heterocycles. The van der Waals surface area contributed by atoms with Gasteiger partial charge in [-0.25, -0.2) is 4.39 Å². The van der Waals surface area contributed by atoms with Crippen LogP contribution in [0.5, 0.6) is 11.5 Å². The largest absolute Gasteiger partial charge is 0.450 e. The smallest absolute Gasteiger partial charge is 0.294 e. The molecule has 0 aliphatic heterocycles. The van der Waals surface area contributed by atoms with Crippen LogP contribution < -0.4 is 10.3 Å². The fourth-order valence-corrected chi connectivity index (χ4v) is 2.64. The van der Waals surface area contributed by atoms with E-state index < -0.39 is 0 Å². The highest BCUT2D eigenvalue weighted by molar-refractivity contribution is 9.10. The Labute approximate surface area is 143 Å². The second-order valence-corrected chi connectivity index (χ2v) is 6.62. The molecule has 1 aromatic heterocycles. The SMILES string of the molecule is Cc1cc(F)cc(C)c1Oc1c(Br)ccn(CCN(C)C)c1=O. The third-order valence-corrected chi connectivity index (χ3v) is 4.11. The van der Waals surface area contributed by atoms with E-state index in [0.29, 0.717) is 27.9 Å². The summed E-state index contributed by atoms with van der Waals surface area (Å²) in [6.45, 7) is 4.83.